The number of rotatable bonds is 40. The van der Waals surface area contributed by atoms with Gasteiger partial charge in [-0.25, -0.2) is 9.59 Å². The maximum atomic E-state index is 11.8. The molecule has 0 unspecified atom stereocenters. The quantitative estimate of drug-likeness (QED) is 0.0758. The van der Waals surface area contributed by atoms with Crippen LogP contribution in [0.15, 0.2) is 30.3 Å². The fourth-order valence-corrected chi connectivity index (χ4v) is 3.91. The van der Waals surface area contributed by atoms with Crippen LogP contribution in [0.4, 0.5) is 4.79 Å². The third-order valence-electron chi connectivity index (χ3n) is 6.48. The number of hydrogen-bond acceptors (Lipinski definition) is 16. The smallest absolute Gasteiger partial charge is 0.407 e. The van der Waals surface area contributed by atoms with Gasteiger partial charge in [0, 0.05) is 6.54 Å². The molecule has 1 aromatic carbocycles. The van der Waals surface area contributed by atoms with Crippen molar-refractivity contribution in [3.8, 4) is 0 Å². The molecule has 0 bridgehead atoms. The van der Waals surface area contributed by atoms with Crippen LogP contribution < -0.4 is 5.32 Å². The highest BCUT2D eigenvalue weighted by Gasteiger charge is 2.15. The van der Waals surface area contributed by atoms with Gasteiger partial charge in [-0.15, -0.1) is 0 Å². The van der Waals surface area contributed by atoms with Crippen molar-refractivity contribution in [1.82, 2.24) is 5.32 Å². The Kier molecular flexibility index (Phi) is 35.2. The van der Waals surface area contributed by atoms with Crippen molar-refractivity contribution in [3.05, 3.63) is 35.9 Å². The minimum absolute atomic E-state index is 0.196. The van der Waals surface area contributed by atoms with Gasteiger partial charge in [-0.05, 0) is 32.9 Å². The van der Waals surface area contributed by atoms with E-state index in [1.807, 2.05) is 26.8 Å². The second kappa shape index (κ2) is 38.4. The van der Waals surface area contributed by atoms with Crippen molar-refractivity contribution in [2.75, 3.05) is 172 Å². The Morgan fingerprint density at radius 1 is 0.418 bits per heavy atom. The number of esters is 1. The van der Waals surface area contributed by atoms with E-state index in [9.17, 15) is 9.59 Å². The van der Waals surface area contributed by atoms with Gasteiger partial charge in [0.1, 0.15) is 12.2 Å². The first-order valence-electron chi connectivity index (χ1n) is 19.0. The number of benzene rings is 1. The summed E-state index contributed by atoms with van der Waals surface area (Å²) in [6.07, 6.45) is -0.457. The topological polar surface area (TPSA) is 175 Å². The lowest BCUT2D eigenvalue weighted by Gasteiger charge is -2.19. The number of nitrogens with one attached hydrogen (secondary N) is 1. The van der Waals surface area contributed by atoms with Crippen molar-refractivity contribution in [1.29, 1.82) is 0 Å². The summed E-state index contributed by atoms with van der Waals surface area (Å²) in [5.41, 5.74) is 0.00393. The predicted molar refractivity (Wildman–Crippen MR) is 201 cm³/mol. The molecule has 0 radical (unpaired) electrons. The van der Waals surface area contributed by atoms with Crippen molar-refractivity contribution >= 4 is 12.1 Å². The number of ether oxygens (including phenoxy) is 14. The van der Waals surface area contributed by atoms with Crippen LogP contribution in [0, 0.1) is 0 Å². The second-order valence-electron chi connectivity index (χ2n) is 12.3. The summed E-state index contributed by atoms with van der Waals surface area (Å²) in [6.45, 7) is 17.0. The Bertz CT molecular complexity index is 985. The molecule has 0 fully saturated rings. The summed E-state index contributed by atoms with van der Waals surface area (Å²) in [4.78, 5) is 23.3. The van der Waals surface area contributed by atoms with E-state index in [0.717, 1.165) is 0 Å². The molecule has 0 atom stereocenters. The summed E-state index contributed by atoms with van der Waals surface area (Å²) in [5, 5.41) is 2.63. The van der Waals surface area contributed by atoms with Gasteiger partial charge in [-0.2, -0.15) is 0 Å². The molecule has 0 heterocycles. The monoisotopic (exact) mass is 793 g/mol. The predicted octanol–water partition coefficient (Wildman–Crippen LogP) is 2.57. The molecular formula is C38H67NO16. The van der Waals surface area contributed by atoms with E-state index in [0.29, 0.717) is 171 Å². The Balaban J connectivity index is 1.63. The molecule has 0 spiro atoms. The first-order chi connectivity index (χ1) is 26.9. The summed E-state index contributed by atoms with van der Waals surface area (Å²) in [7, 11) is 0. The molecule has 0 aliphatic rings. The molecule has 0 aromatic heterocycles. The third kappa shape index (κ3) is 38.1. The van der Waals surface area contributed by atoms with E-state index in [-0.39, 0.29) is 12.6 Å². The molecule has 0 aliphatic heterocycles. The number of carbonyl (C=O) groups excluding carboxylic acids is 2. The fraction of sp³-hybridized carbons (Fsp3) is 0.789. The zero-order valence-corrected chi connectivity index (χ0v) is 33.3. The van der Waals surface area contributed by atoms with E-state index in [2.05, 4.69) is 5.32 Å². The lowest BCUT2D eigenvalue weighted by Crippen LogP contribution is -2.34. The Morgan fingerprint density at radius 2 is 0.691 bits per heavy atom. The standard InChI is InChI=1S/C38H67NO16/c1-38(2,3)55-37(41)39-9-10-42-11-12-43-13-14-44-15-16-45-17-18-46-19-20-47-21-22-48-23-24-49-25-26-50-27-28-51-29-30-52-31-32-53-33-34-54-36(40)35-7-5-4-6-8-35/h4-8H,9-34H2,1-3H3,(H,39,41). The van der Waals surface area contributed by atoms with Gasteiger partial charge in [0.25, 0.3) is 0 Å². The second-order valence-corrected chi connectivity index (χ2v) is 12.3. The van der Waals surface area contributed by atoms with Crippen molar-refractivity contribution in [2.45, 2.75) is 26.4 Å². The van der Waals surface area contributed by atoms with E-state index in [1.165, 1.54) is 0 Å². The fourth-order valence-electron chi connectivity index (χ4n) is 3.91. The van der Waals surface area contributed by atoms with Crippen LogP contribution in [0.1, 0.15) is 31.1 Å². The lowest BCUT2D eigenvalue weighted by atomic mass is 10.2. The molecule has 1 N–H and O–H groups in total. The van der Waals surface area contributed by atoms with Crippen molar-refractivity contribution in [3.63, 3.8) is 0 Å². The highest BCUT2D eigenvalue weighted by molar-refractivity contribution is 5.89. The average Bonchev–Trinajstić information content (AvgIpc) is 3.16. The van der Waals surface area contributed by atoms with E-state index in [4.69, 9.17) is 66.3 Å². The molecule has 1 aromatic rings. The first kappa shape index (κ1) is 50.5. The van der Waals surface area contributed by atoms with Crippen LogP contribution in [-0.4, -0.2) is 189 Å². The molecule has 0 aliphatic carbocycles. The maximum Gasteiger partial charge on any atom is 0.407 e. The van der Waals surface area contributed by atoms with Crippen LogP contribution in [0.3, 0.4) is 0 Å². The van der Waals surface area contributed by atoms with Gasteiger partial charge < -0.3 is 71.6 Å². The molecule has 1 rings (SSSR count). The molecule has 1 amide bonds. The average molecular weight is 794 g/mol. The number of hydrogen-bond donors (Lipinski definition) is 1. The van der Waals surface area contributed by atoms with Crippen LogP contribution in [0.2, 0.25) is 0 Å². The highest BCUT2D eigenvalue weighted by atomic mass is 16.6. The highest BCUT2D eigenvalue weighted by Crippen LogP contribution is 2.06. The van der Waals surface area contributed by atoms with Crippen LogP contribution in [0.25, 0.3) is 0 Å². The van der Waals surface area contributed by atoms with Crippen molar-refractivity contribution in [2.24, 2.45) is 0 Å². The van der Waals surface area contributed by atoms with Crippen LogP contribution in [-0.2, 0) is 66.3 Å². The van der Waals surface area contributed by atoms with Gasteiger partial charge in [0.05, 0.1) is 164 Å². The summed E-state index contributed by atoms with van der Waals surface area (Å²) in [6, 6.07) is 8.84. The number of alkyl carbamates (subject to hydrolysis) is 1. The Morgan fingerprint density at radius 3 is 0.982 bits per heavy atom. The molecule has 17 nitrogen and oxygen atoms in total. The number of amides is 1. The Hall–Kier alpha value is -2.52. The van der Waals surface area contributed by atoms with Gasteiger partial charge in [-0.3, -0.25) is 0 Å². The largest absolute Gasteiger partial charge is 0.460 e. The van der Waals surface area contributed by atoms with Crippen molar-refractivity contribution < 1.29 is 75.9 Å². The SMILES string of the molecule is CC(C)(C)OC(=O)NCCOCCOCCOCCOCCOCCOCCOCCOCCOCCOCCOCCOCCOC(=O)c1ccccc1. The lowest BCUT2D eigenvalue weighted by molar-refractivity contribution is -0.0287. The van der Waals surface area contributed by atoms with Gasteiger partial charge >= 0.3 is 12.1 Å². The summed E-state index contributed by atoms with van der Waals surface area (Å²) in [5.74, 6) is -0.361. The summed E-state index contributed by atoms with van der Waals surface area (Å²) < 4.78 is 75.8. The molecule has 55 heavy (non-hydrogen) atoms. The van der Waals surface area contributed by atoms with Crippen LogP contribution >= 0.6 is 0 Å². The van der Waals surface area contributed by atoms with Gasteiger partial charge in [0.15, 0.2) is 0 Å². The maximum absolute atomic E-state index is 11.8. The van der Waals surface area contributed by atoms with E-state index in [1.54, 1.807) is 24.3 Å². The zero-order valence-electron chi connectivity index (χ0n) is 33.3. The van der Waals surface area contributed by atoms with E-state index < -0.39 is 11.7 Å². The van der Waals surface area contributed by atoms with Gasteiger partial charge in [-0.1, -0.05) is 18.2 Å². The molecule has 320 valence electrons. The molecular weight excluding hydrogens is 726 g/mol. The van der Waals surface area contributed by atoms with E-state index >= 15 is 0 Å². The third-order valence-corrected chi connectivity index (χ3v) is 6.48. The minimum atomic E-state index is -0.517. The summed E-state index contributed by atoms with van der Waals surface area (Å²) >= 11 is 0. The molecule has 17 heteroatoms. The number of carbonyl (C=O) groups is 2. The Labute approximate surface area is 327 Å². The normalized spacial score (nSPS) is 11.5. The van der Waals surface area contributed by atoms with Crippen LogP contribution in [0.5, 0.6) is 0 Å². The molecule has 0 saturated carbocycles. The molecule has 0 saturated heterocycles. The first-order valence-corrected chi connectivity index (χ1v) is 19.0. The van der Waals surface area contributed by atoms with Gasteiger partial charge in [0.2, 0.25) is 0 Å². The zero-order chi connectivity index (χ0) is 39.8. The minimum Gasteiger partial charge on any atom is -0.460 e.